The minimum atomic E-state index is -0.599. The Kier molecular flexibility index (Phi) is 6.49. The number of fused-ring (bicyclic) bond motifs is 1. The highest BCUT2D eigenvalue weighted by atomic mass is 79.9. The summed E-state index contributed by atoms with van der Waals surface area (Å²) in [4.78, 5) is 40.2. The van der Waals surface area contributed by atoms with E-state index < -0.39 is 5.97 Å². The van der Waals surface area contributed by atoms with Crippen molar-refractivity contribution in [1.82, 2.24) is 4.98 Å². The Hall–Kier alpha value is -3.06. The highest BCUT2D eigenvalue weighted by Gasteiger charge is 2.13. The first-order chi connectivity index (χ1) is 13.5. The zero-order valence-corrected chi connectivity index (χ0v) is 16.4. The van der Waals surface area contributed by atoms with Crippen LogP contribution in [-0.2, 0) is 14.3 Å². The van der Waals surface area contributed by atoms with Crippen LogP contribution in [0.25, 0.3) is 10.9 Å². The zero-order valence-electron chi connectivity index (χ0n) is 14.9. The maximum atomic E-state index is 12.2. The minimum absolute atomic E-state index is 0.0528. The van der Waals surface area contributed by atoms with Crippen LogP contribution in [0.15, 0.2) is 65.3 Å². The molecule has 0 aliphatic heterocycles. The van der Waals surface area contributed by atoms with Crippen LogP contribution in [0.2, 0.25) is 0 Å². The van der Waals surface area contributed by atoms with Gasteiger partial charge in [0.1, 0.15) is 0 Å². The number of halogens is 1. The van der Waals surface area contributed by atoms with E-state index in [1.165, 1.54) is 0 Å². The third-order valence-corrected chi connectivity index (χ3v) is 4.70. The molecule has 3 rings (SSSR count). The molecule has 7 heteroatoms. The Morgan fingerprint density at radius 3 is 2.54 bits per heavy atom. The van der Waals surface area contributed by atoms with E-state index in [4.69, 9.17) is 4.74 Å². The van der Waals surface area contributed by atoms with Crippen LogP contribution in [-0.4, -0.2) is 29.3 Å². The van der Waals surface area contributed by atoms with Gasteiger partial charge in [0.15, 0.2) is 12.4 Å². The van der Waals surface area contributed by atoms with Gasteiger partial charge in [-0.2, -0.15) is 0 Å². The fraction of sp³-hybridized carbons (Fsp3) is 0.143. The summed E-state index contributed by atoms with van der Waals surface area (Å²) in [6.45, 7) is -0.342. The molecule has 6 nitrogen and oxygen atoms in total. The molecule has 0 radical (unpaired) electrons. The van der Waals surface area contributed by atoms with Crippen molar-refractivity contribution in [3.8, 4) is 0 Å². The predicted octanol–water partition coefficient (Wildman–Crippen LogP) is 4.14. The highest BCUT2D eigenvalue weighted by molar-refractivity contribution is 9.10. The summed E-state index contributed by atoms with van der Waals surface area (Å²) in [6.07, 6.45) is 1.48. The monoisotopic (exact) mass is 440 g/mol. The normalized spacial score (nSPS) is 10.5. The topological polar surface area (TPSA) is 85.4 Å². The Morgan fingerprint density at radius 1 is 0.964 bits per heavy atom. The number of aromatic nitrogens is 1. The smallest absolute Gasteiger partial charge is 0.306 e. The number of nitrogens with one attached hydrogen (secondary N) is 1. The highest BCUT2D eigenvalue weighted by Crippen LogP contribution is 2.28. The van der Waals surface area contributed by atoms with Crippen molar-refractivity contribution in [3.63, 3.8) is 0 Å². The maximum absolute atomic E-state index is 12.2. The van der Waals surface area contributed by atoms with Gasteiger partial charge in [-0.15, -0.1) is 0 Å². The van der Waals surface area contributed by atoms with Crippen LogP contribution in [0.4, 0.5) is 5.69 Å². The average Bonchev–Trinajstić information content (AvgIpc) is 2.73. The number of esters is 1. The lowest BCUT2D eigenvalue weighted by molar-refractivity contribution is -0.143. The van der Waals surface area contributed by atoms with Crippen molar-refractivity contribution in [2.45, 2.75) is 12.8 Å². The molecule has 0 aliphatic carbocycles. The summed E-state index contributed by atoms with van der Waals surface area (Å²) in [5.41, 5.74) is 1.69. The minimum Gasteiger partial charge on any atom is -0.457 e. The number of anilines is 1. The van der Waals surface area contributed by atoms with Gasteiger partial charge in [0.25, 0.3) is 0 Å². The van der Waals surface area contributed by atoms with Gasteiger partial charge in [0.2, 0.25) is 5.91 Å². The van der Waals surface area contributed by atoms with Gasteiger partial charge in [-0.1, -0.05) is 52.3 Å². The molecule has 0 fully saturated rings. The Bertz CT molecular complexity index is 1020. The molecule has 142 valence electrons. The number of benzene rings is 2. The van der Waals surface area contributed by atoms with Gasteiger partial charge in [0.05, 0.1) is 17.6 Å². The molecule has 3 aromatic rings. The van der Waals surface area contributed by atoms with E-state index in [2.05, 4.69) is 26.2 Å². The number of nitrogens with zero attached hydrogens (tertiary/aromatic N) is 1. The molecule has 0 saturated carbocycles. The van der Waals surface area contributed by atoms with Crippen LogP contribution < -0.4 is 5.32 Å². The quantitative estimate of drug-likeness (QED) is 0.440. The van der Waals surface area contributed by atoms with Crippen molar-refractivity contribution in [3.05, 3.63) is 70.8 Å². The van der Waals surface area contributed by atoms with Crippen LogP contribution in [0.3, 0.4) is 0 Å². The molecule has 0 aliphatic rings. The second kappa shape index (κ2) is 9.23. The third-order valence-electron chi connectivity index (χ3n) is 4.01. The van der Waals surface area contributed by atoms with Crippen molar-refractivity contribution >= 4 is 50.2 Å². The fourth-order valence-corrected chi connectivity index (χ4v) is 3.04. The summed E-state index contributed by atoms with van der Waals surface area (Å²) >= 11 is 3.45. The van der Waals surface area contributed by atoms with Crippen molar-refractivity contribution < 1.29 is 19.1 Å². The van der Waals surface area contributed by atoms with E-state index in [1.807, 2.05) is 18.2 Å². The van der Waals surface area contributed by atoms with Crippen molar-refractivity contribution in [2.24, 2.45) is 0 Å². The first kappa shape index (κ1) is 19.7. The Labute approximate surface area is 170 Å². The molecule has 1 N–H and O–H groups in total. The molecule has 0 bridgehead atoms. The summed E-state index contributed by atoms with van der Waals surface area (Å²) in [5.74, 6) is -1.22. The third kappa shape index (κ3) is 5.01. The van der Waals surface area contributed by atoms with E-state index >= 15 is 0 Å². The zero-order chi connectivity index (χ0) is 19.9. The second-order valence-corrected chi connectivity index (χ2v) is 6.85. The molecular weight excluding hydrogens is 424 g/mol. The second-order valence-electron chi connectivity index (χ2n) is 5.99. The molecule has 0 unspecified atom stereocenters. The number of carbonyl (C=O) groups is 3. The predicted molar refractivity (Wildman–Crippen MR) is 109 cm³/mol. The largest absolute Gasteiger partial charge is 0.457 e. The summed E-state index contributed by atoms with van der Waals surface area (Å²) < 4.78 is 5.83. The van der Waals surface area contributed by atoms with Crippen molar-refractivity contribution in [2.75, 3.05) is 11.9 Å². The van der Waals surface area contributed by atoms with Gasteiger partial charge >= 0.3 is 5.97 Å². The van der Waals surface area contributed by atoms with Gasteiger partial charge in [0, 0.05) is 28.0 Å². The first-order valence-electron chi connectivity index (χ1n) is 8.61. The molecule has 0 saturated heterocycles. The Morgan fingerprint density at radius 2 is 1.75 bits per heavy atom. The lowest BCUT2D eigenvalue weighted by Gasteiger charge is -2.09. The van der Waals surface area contributed by atoms with Gasteiger partial charge in [-0.3, -0.25) is 19.4 Å². The molecular formula is C21H17BrN2O4. The van der Waals surface area contributed by atoms with Gasteiger partial charge in [-0.25, -0.2) is 0 Å². The van der Waals surface area contributed by atoms with E-state index in [1.54, 1.807) is 42.6 Å². The van der Waals surface area contributed by atoms with E-state index in [0.717, 1.165) is 9.86 Å². The van der Waals surface area contributed by atoms with E-state index in [-0.39, 0.29) is 31.1 Å². The van der Waals surface area contributed by atoms with Crippen molar-refractivity contribution in [1.29, 1.82) is 0 Å². The first-order valence-corrected chi connectivity index (χ1v) is 9.41. The molecule has 1 aromatic heterocycles. The summed E-state index contributed by atoms with van der Waals surface area (Å²) in [6, 6.07) is 15.8. The fourth-order valence-electron chi connectivity index (χ4n) is 2.59. The van der Waals surface area contributed by atoms with Crippen LogP contribution in [0.5, 0.6) is 0 Å². The Balaban J connectivity index is 1.50. The number of ketones is 1. The molecule has 0 atom stereocenters. The van der Waals surface area contributed by atoms with Crippen LogP contribution in [0, 0.1) is 0 Å². The number of ether oxygens (including phenoxy) is 1. The number of rotatable bonds is 7. The SMILES string of the molecule is O=C(CCC(=O)OCC(=O)c1ccccc1)Nc1ccc(Br)c2cccnc12. The lowest BCUT2D eigenvalue weighted by Crippen LogP contribution is -2.17. The van der Waals surface area contributed by atoms with Gasteiger partial charge in [-0.05, 0) is 18.2 Å². The molecule has 1 heterocycles. The lowest BCUT2D eigenvalue weighted by atomic mass is 10.1. The van der Waals surface area contributed by atoms with Crippen LogP contribution in [0.1, 0.15) is 23.2 Å². The number of pyridine rings is 1. The number of amides is 1. The number of hydrogen-bond acceptors (Lipinski definition) is 5. The molecule has 2 aromatic carbocycles. The standard InChI is InChI=1S/C21H17BrN2O4/c22-16-8-9-17(21-15(16)7-4-12-23-21)24-19(26)10-11-20(27)28-13-18(25)14-5-2-1-3-6-14/h1-9,12H,10-11,13H2,(H,24,26). The molecule has 1 amide bonds. The number of Topliss-reactive ketones (excluding diaryl/α,β-unsaturated/α-hetero) is 1. The van der Waals surface area contributed by atoms with Gasteiger partial charge < -0.3 is 10.1 Å². The van der Waals surface area contributed by atoms with E-state index in [0.29, 0.717) is 16.8 Å². The number of carbonyl (C=O) groups excluding carboxylic acids is 3. The van der Waals surface area contributed by atoms with Crippen LogP contribution >= 0.6 is 15.9 Å². The average molecular weight is 441 g/mol. The summed E-state index contributed by atoms with van der Waals surface area (Å²) in [7, 11) is 0. The van der Waals surface area contributed by atoms with E-state index in [9.17, 15) is 14.4 Å². The maximum Gasteiger partial charge on any atom is 0.306 e. The summed E-state index contributed by atoms with van der Waals surface area (Å²) in [5, 5.41) is 3.64. The number of hydrogen-bond donors (Lipinski definition) is 1. The molecule has 0 spiro atoms. The molecule has 28 heavy (non-hydrogen) atoms.